The van der Waals surface area contributed by atoms with Gasteiger partial charge in [0.1, 0.15) is 12.4 Å². The minimum atomic E-state index is -0.373. The van der Waals surface area contributed by atoms with Crippen molar-refractivity contribution in [1.29, 1.82) is 0 Å². The Morgan fingerprint density at radius 1 is 1.24 bits per heavy atom. The van der Waals surface area contributed by atoms with Gasteiger partial charge < -0.3 is 15.5 Å². The average molecular weight is 281 g/mol. The van der Waals surface area contributed by atoms with Gasteiger partial charge in [-0.25, -0.2) is 0 Å². The van der Waals surface area contributed by atoms with Crippen LogP contribution < -0.4 is 5.32 Å². The van der Waals surface area contributed by atoms with Gasteiger partial charge in [-0.05, 0) is 42.8 Å². The summed E-state index contributed by atoms with van der Waals surface area (Å²) in [6.07, 6.45) is 0. The monoisotopic (exact) mass is 281 g/mol. The van der Waals surface area contributed by atoms with E-state index < -0.39 is 0 Å². The molecule has 4 heteroatoms. The molecule has 0 fully saturated rings. The summed E-state index contributed by atoms with van der Waals surface area (Å²) in [4.78, 5) is 12.1. The molecule has 0 radical (unpaired) electrons. The zero-order valence-corrected chi connectivity index (χ0v) is 11.6. The highest BCUT2D eigenvalue weighted by Gasteiger charge is 2.10. The van der Waals surface area contributed by atoms with Gasteiger partial charge >= 0.3 is 0 Å². The molecule has 0 aromatic heterocycles. The zero-order valence-electron chi connectivity index (χ0n) is 11.6. The summed E-state index contributed by atoms with van der Waals surface area (Å²) in [7, 11) is 0. The van der Waals surface area contributed by atoms with E-state index in [1.807, 2.05) is 6.92 Å². The zero-order chi connectivity index (χ0) is 15.2. The van der Waals surface area contributed by atoms with Crippen molar-refractivity contribution in [3.8, 4) is 17.6 Å². The van der Waals surface area contributed by atoms with Crippen molar-refractivity contribution in [2.75, 3.05) is 11.9 Å². The first kappa shape index (κ1) is 14.6. The molecular formula is C17H15NO3. The van der Waals surface area contributed by atoms with E-state index in [-0.39, 0.29) is 23.8 Å². The maximum atomic E-state index is 12.1. The number of carbonyl (C=O) groups is 1. The third-order valence-electron chi connectivity index (χ3n) is 2.94. The Hall–Kier alpha value is -2.77. The molecule has 0 saturated heterocycles. The molecule has 0 atom stereocenters. The highest BCUT2D eigenvalue weighted by Crippen LogP contribution is 2.19. The molecule has 2 aromatic rings. The fourth-order valence-electron chi connectivity index (χ4n) is 1.88. The maximum absolute atomic E-state index is 12.1. The topological polar surface area (TPSA) is 69.6 Å². The largest absolute Gasteiger partial charge is 0.507 e. The number of nitrogens with one attached hydrogen (secondary N) is 1. The number of phenols is 1. The standard InChI is InChI=1S/C17H15NO3/c1-12-11-14(9-8-13(12)5-4-10-19)18-17(21)15-6-2-3-7-16(15)20/h2-3,6-9,11,19-20H,10H2,1H3,(H,18,21). The van der Waals surface area contributed by atoms with Crippen LogP contribution in [-0.4, -0.2) is 22.7 Å². The highest BCUT2D eigenvalue weighted by molar-refractivity contribution is 6.06. The number of amides is 1. The molecule has 3 N–H and O–H groups in total. The lowest BCUT2D eigenvalue weighted by atomic mass is 10.1. The first-order chi connectivity index (χ1) is 10.1. The molecule has 0 spiro atoms. The Bertz CT molecular complexity index is 726. The molecule has 0 unspecified atom stereocenters. The number of hydrogen-bond acceptors (Lipinski definition) is 3. The summed E-state index contributed by atoms with van der Waals surface area (Å²) in [5.41, 5.74) is 2.53. The molecule has 4 nitrogen and oxygen atoms in total. The van der Waals surface area contributed by atoms with Crippen LogP contribution in [0.5, 0.6) is 5.75 Å². The van der Waals surface area contributed by atoms with Crippen molar-refractivity contribution in [3.63, 3.8) is 0 Å². The van der Waals surface area contributed by atoms with Crippen LogP contribution in [0.15, 0.2) is 42.5 Å². The van der Waals surface area contributed by atoms with Gasteiger partial charge in [0.15, 0.2) is 0 Å². The summed E-state index contributed by atoms with van der Waals surface area (Å²) in [5, 5.41) is 21.1. The van der Waals surface area contributed by atoms with E-state index in [4.69, 9.17) is 5.11 Å². The van der Waals surface area contributed by atoms with E-state index in [2.05, 4.69) is 17.2 Å². The van der Waals surface area contributed by atoms with Crippen LogP contribution >= 0.6 is 0 Å². The predicted octanol–water partition coefficient (Wildman–Crippen LogP) is 2.30. The minimum absolute atomic E-state index is 0.0582. The number of aromatic hydroxyl groups is 1. The molecule has 1 amide bonds. The second-order valence-electron chi connectivity index (χ2n) is 4.46. The Kier molecular flexibility index (Phi) is 4.60. The van der Waals surface area contributed by atoms with Gasteiger partial charge in [-0.15, -0.1) is 0 Å². The third-order valence-corrected chi connectivity index (χ3v) is 2.94. The van der Waals surface area contributed by atoms with Gasteiger partial charge in [-0.3, -0.25) is 4.79 Å². The molecular weight excluding hydrogens is 266 g/mol. The number of phenolic OH excluding ortho intramolecular Hbond substituents is 1. The molecule has 2 rings (SSSR count). The Morgan fingerprint density at radius 2 is 2.00 bits per heavy atom. The Labute approximate surface area is 123 Å². The molecule has 21 heavy (non-hydrogen) atoms. The minimum Gasteiger partial charge on any atom is -0.507 e. The van der Waals surface area contributed by atoms with E-state index in [1.54, 1.807) is 36.4 Å². The molecule has 0 saturated carbocycles. The van der Waals surface area contributed by atoms with Crippen LogP contribution in [0.25, 0.3) is 0 Å². The molecule has 0 bridgehead atoms. The van der Waals surface area contributed by atoms with E-state index in [9.17, 15) is 9.90 Å². The van der Waals surface area contributed by atoms with Crippen molar-refractivity contribution in [3.05, 3.63) is 59.2 Å². The summed E-state index contributed by atoms with van der Waals surface area (Å²) in [5.74, 6) is 4.98. The van der Waals surface area contributed by atoms with E-state index in [1.165, 1.54) is 6.07 Å². The second-order valence-corrected chi connectivity index (χ2v) is 4.46. The van der Waals surface area contributed by atoms with Crippen LogP contribution in [0.3, 0.4) is 0 Å². The normalized spacial score (nSPS) is 9.62. The average Bonchev–Trinajstić information content (AvgIpc) is 2.47. The number of carbonyl (C=O) groups excluding carboxylic acids is 1. The number of aryl methyl sites for hydroxylation is 1. The van der Waals surface area contributed by atoms with E-state index >= 15 is 0 Å². The fraction of sp³-hybridized carbons (Fsp3) is 0.118. The first-order valence-corrected chi connectivity index (χ1v) is 6.41. The summed E-state index contributed by atoms with van der Waals surface area (Å²) >= 11 is 0. The van der Waals surface area contributed by atoms with E-state index in [0.29, 0.717) is 5.69 Å². The number of aliphatic hydroxyl groups is 1. The summed E-state index contributed by atoms with van der Waals surface area (Å²) in [6.45, 7) is 1.68. The van der Waals surface area contributed by atoms with Crippen LogP contribution in [-0.2, 0) is 0 Å². The lowest BCUT2D eigenvalue weighted by molar-refractivity contribution is 0.102. The van der Waals surface area contributed by atoms with E-state index in [0.717, 1.165) is 11.1 Å². The second kappa shape index (κ2) is 6.60. The van der Waals surface area contributed by atoms with Crippen LogP contribution in [0.4, 0.5) is 5.69 Å². The van der Waals surface area contributed by atoms with Crippen molar-refractivity contribution in [2.24, 2.45) is 0 Å². The van der Waals surface area contributed by atoms with Crippen LogP contribution in [0, 0.1) is 18.8 Å². The molecule has 0 aliphatic rings. The number of para-hydroxylation sites is 1. The summed E-state index contributed by atoms with van der Waals surface area (Å²) < 4.78 is 0. The number of hydrogen-bond donors (Lipinski definition) is 3. The van der Waals surface area contributed by atoms with Crippen molar-refractivity contribution in [1.82, 2.24) is 0 Å². The Balaban J connectivity index is 2.19. The molecule has 2 aromatic carbocycles. The van der Waals surface area contributed by atoms with Crippen molar-refractivity contribution < 1.29 is 15.0 Å². The number of aliphatic hydroxyl groups excluding tert-OH is 1. The Morgan fingerprint density at radius 3 is 2.67 bits per heavy atom. The van der Waals surface area contributed by atoms with Gasteiger partial charge in [0.2, 0.25) is 0 Å². The van der Waals surface area contributed by atoms with Crippen LogP contribution in [0.1, 0.15) is 21.5 Å². The maximum Gasteiger partial charge on any atom is 0.259 e. The van der Waals surface area contributed by atoms with Crippen LogP contribution in [0.2, 0.25) is 0 Å². The highest BCUT2D eigenvalue weighted by atomic mass is 16.3. The molecule has 0 aliphatic carbocycles. The lowest BCUT2D eigenvalue weighted by Gasteiger charge is -2.08. The lowest BCUT2D eigenvalue weighted by Crippen LogP contribution is -2.12. The van der Waals surface area contributed by atoms with Crippen molar-refractivity contribution >= 4 is 11.6 Å². The quantitative estimate of drug-likeness (QED) is 0.740. The SMILES string of the molecule is Cc1cc(NC(=O)c2ccccc2O)ccc1C#CCO. The predicted molar refractivity (Wildman–Crippen MR) is 81.2 cm³/mol. The van der Waals surface area contributed by atoms with Gasteiger partial charge in [0, 0.05) is 11.3 Å². The molecule has 106 valence electrons. The van der Waals surface area contributed by atoms with Gasteiger partial charge in [-0.1, -0.05) is 24.0 Å². The van der Waals surface area contributed by atoms with Gasteiger partial charge in [-0.2, -0.15) is 0 Å². The number of rotatable bonds is 2. The fourth-order valence-corrected chi connectivity index (χ4v) is 1.88. The third kappa shape index (κ3) is 3.62. The van der Waals surface area contributed by atoms with Gasteiger partial charge in [0.05, 0.1) is 5.56 Å². The summed E-state index contributed by atoms with van der Waals surface area (Å²) in [6, 6.07) is 11.7. The number of benzene rings is 2. The smallest absolute Gasteiger partial charge is 0.259 e. The first-order valence-electron chi connectivity index (χ1n) is 6.41. The molecule has 0 aliphatic heterocycles. The van der Waals surface area contributed by atoms with Crippen molar-refractivity contribution in [2.45, 2.75) is 6.92 Å². The van der Waals surface area contributed by atoms with Gasteiger partial charge in [0.25, 0.3) is 5.91 Å². The number of anilines is 1. The molecule has 0 heterocycles.